The van der Waals surface area contributed by atoms with Crippen molar-refractivity contribution in [3.05, 3.63) is 64.7 Å². The Kier molecular flexibility index (Phi) is 5.18. The normalized spacial score (nSPS) is 11.2. The summed E-state index contributed by atoms with van der Waals surface area (Å²) in [7, 11) is -2.20. The molecule has 0 aliphatic heterocycles. The second-order valence-electron chi connectivity index (χ2n) is 4.44. The van der Waals surface area contributed by atoms with Crippen molar-refractivity contribution < 1.29 is 17.9 Å². The SMILES string of the molecule is CNS(=O)(=O)c1ccc(C(=O)OCc2cccc(Cl)c2)cc1. The van der Waals surface area contributed by atoms with Gasteiger partial charge in [0.25, 0.3) is 0 Å². The lowest BCUT2D eigenvalue weighted by molar-refractivity contribution is 0.0472. The monoisotopic (exact) mass is 339 g/mol. The molecule has 0 atom stereocenters. The molecule has 0 heterocycles. The molecule has 2 rings (SSSR count). The van der Waals surface area contributed by atoms with Crippen LogP contribution in [0.5, 0.6) is 0 Å². The molecule has 1 N–H and O–H groups in total. The average Bonchev–Trinajstić information content (AvgIpc) is 2.53. The number of ether oxygens (including phenoxy) is 1. The quantitative estimate of drug-likeness (QED) is 0.850. The van der Waals surface area contributed by atoms with E-state index in [0.29, 0.717) is 5.02 Å². The number of nitrogens with one attached hydrogen (secondary N) is 1. The zero-order valence-corrected chi connectivity index (χ0v) is 13.3. The lowest BCUT2D eigenvalue weighted by Gasteiger charge is -2.06. The van der Waals surface area contributed by atoms with Gasteiger partial charge >= 0.3 is 5.97 Å². The number of hydrogen-bond donors (Lipinski definition) is 1. The third-order valence-corrected chi connectivity index (χ3v) is 4.59. The van der Waals surface area contributed by atoms with Crippen LogP contribution < -0.4 is 4.72 Å². The van der Waals surface area contributed by atoms with Gasteiger partial charge in [-0.1, -0.05) is 23.7 Å². The van der Waals surface area contributed by atoms with E-state index >= 15 is 0 Å². The van der Waals surface area contributed by atoms with Crippen molar-refractivity contribution in [2.24, 2.45) is 0 Å². The predicted molar refractivity (Wildman–Crippen MR) is 83.3 cm³/mol. The highest BCUT2D eigenvalue weighted by molar-refractivity contribution is 7.89. The van der Waals surface area contributed by atoms with Crippen molar-refractivity contribution >= 4 is 27.6 Å². The van der Waals surface area contributed by atoms with E-state index in [-0.39, 0.29) is 17.1 Å². The van der Waals surface area contributed by atoms with Crippen molar-refractivity contribution in [1.29, 1.82) is 0 Å². The fourth-order valence-electron chi connectivity index (χ4n) is 1.75. The first-order chi connectivity index (χ1) is 10.4. The summed E-state index contributed by atoms with van der Waals surface area (Å²) in [5.74, 6) is -0.534. The molecule has 0 aliphatic rings. The molecule has 0 spiro atoms. The van der Waals surface area contributed by atoms with Crippen LogP contribution in [0.3, 0.4) is 0 Å². The van der Waals surface area contributed by atoms with Gasteiger partial charge in [0.2, 0.25) is 10.0 Å². The molecule has 0 aliphatic carbocycles. The van der Waals surface area contributed by atoms with Gasteiger partial charge in [-0.25, -0.2) is 17.9 Å². The van der Waals surface area contributed by atoms with Crippen LogP contribution >= 0.6 is 11.6 Å². The smallest absolute Gasteiger partial charge is 0.338 e. The number of esters is 1. The summed E-state index contributed by atoms with van der Waals surface area (Å²) in [5.41, 5.74) is 1.05. The van der Waals surface area contributed by atoms with E-state index in [1.807, 2.05) is 0 Å². The van der Waals surface area contributed by atoms with Gasteiger partial charge in [-0.3, -0.25) is 0 Å². The van der Waals surface area contributed by atoms with Gasteiger partial charge in [-0.2, -0.15) is 0 Å². The van der Waals surface area contributed by atoms with Crippen LogP contribution in [0.2, 0.25) is 5.02 Å². The molecule has 2 aromatic carbocycles. The van der Waals surface area contributed by atoms with E-state index in [4.69, 9.17) is 16.3 Å². The molecule has 0 saturated carbocycles. The number of carbonyl (C=O) groups excluding carboxylic acids is 1. The van der Waals surface area contributed by atoms with Crippen LogP contribution in [0.25, 0.3) is 0 Å². The highest BCUT2D eigenvalue weighted by atomic mass is 35.5. The second-order valence-corrected chi connectivity index (χ2v) is 6.76. The number of hydrogen-bond acceptors (Lipinski definition) is 4. The Morgan fingerprint density at radius 2 is 1.86 bits per heavy atom. The van der Waals surface area contributed by atoms with Crippen molar-refractivity contribution in [3.63, 3.8) is 0 Å². The summed E-state index contributed by atoms with van der Waals surface area (Å²) >= 11 is 5.85. The van der Waals surface area contributed by atoms with Gasteiger partial charge < -0.3 is 4.74 Å². The van der Waals surface area contributed by atoms with Crippen molar-refractivity contribution in [3.8, 4) is 0 Å². The Bertz CT molecular complexity index is 772. The summed E-state index contributed by atoms with van der Waals surface area (Å²) in [4.78, 5) is 12.0. The molecule has 0 aromatic heterocycles. The van der Waals surface area contributed by atoms with Crippen molar-refractivity contribution in [2.45, 2.75) is 11.5 Å². The minimum atomic E-state index is -3.52. The fraction of sp³-hybridized carbons (Fsp3) is 0.133. The van der Waals surface area contributed by atoms with Gasteiger partial charge in [0, 0.05) is 5.02 Å². The van der Waals surface area contributed by atoms with E-state index in [1.54, 1.807) is 24.3 Å². The standard InChI is InChI=1S/C15H14ClNO4S/c1-17-22(19,20)14-7-5-12(6-8-14)15(18)21-10-11-3-2-4-13(16)9-11/h2-9,17H,10H2,1H3. The summed E-state index contributed by atoms with van der Waals surface area (Å²) in [6.07, 6.45) is 0. The Labute approximate surface area is 133 Å². The zero-order chi connectivity index (χ0) is 16.2. The molecule has 0 radical (unpaired) electrons. The van der Waals surface area contributed by atoms with Crippen molar-refractivity contribution in [1.82, 2.24) is 4.72 Å². The van der Waals surface area contributed by atoms with Crippen LogP contribution in [0.4, 0.5) is 0 Å². The lowest BCUT2D eigenvalue weighted by atomic mass is 10.2. The first-order valence-corrected chi connectivity index (χ1v) is 8.23. The second kappa shape index (κ2) is 6.91. The third-order valence-electron chi connectivity index (χ3n) is 2.93. The molecule has 0 unspecified atom stereocenters. The Morgan fingerprint density at radius 1 is 1.18 bits per heavy atom. The minimum absolute atomic E-state index is 0.0846. The molecule has 0 saturated heterocycles. The molecule has 5 nitrogen and oxygen atoms in total. The number of halogens is 1. The Balaban J connectivity index is 2.04. The van der Waals surface area contributed by atoms with Crippen LogP contribution in [0, 0.1) is 0 Å². The number of sulfonamides is 1. The molecular formula is C15H14ClNO4S. The van der Waals surface area contributed by atoms with Gasteiger partial charge in [0.05, 0.1) is 10.5 Å². The number of benzene rings is 2. The van der Waals surface area contributed by atoms with Crippen LogP contribution in [-0.2, 0) is 21.4 Å². The zero-order valence-electron chi connectivity index (χ0n) is 11.7. The molecule has 22 heavy (non-hydrogen) atoms. The molecule has 0 amide bonds. The summed E-state index contributed by atoms with van der Waals surface area (Å²) < 4.78 is 30.5. The van der Waals surface area contributed by atoms with Gasteiger partial charge in [-0.05, 0) is 49.0 Å². The first-order valence-electron chi connectivity index (χ1n) is 6.37. The summed E-state index contributed by atoms with van der Waals surface area (Å²) in [5, 5.41) is 0.565. The van der Waals surface area contributed by atoms with Gasteiger partial charge in [0.1, 0.15) is 6.61 Å². The summed E-state index contributed by atoms with van der Waals surface area (Å²) in [6, 6.07) is 12.5. The Hall–Kier alpha value is -1.89. The number of carbonyl (C=O) groups is 1. The maximum absolute atomic E-state index is 11.9. The lowest BCUT2D eigenvalue weighted by Crippen LogP contribution is -2.18. The molecule has 2 aromatic rings. The van der Waals surface area contributed by atoms with Gasteiger partial charge in [0.15, 0.2) is 0 Å². The molecule has 0 fully saturated rings. The topological polar surface area (TPSA) is 72.5 Å². The van der Waals surface area contributed by atoms with Crippen LogP contribution in [-0.4, -0.2) is 21.4 Å². The maximum Gasteiger partial charge on any atom is 0.338 e. The Morgan fingerprint density at radius 3 is 2.45 bits per heavy atom. The van der Waals surface area contributed by atoms with E-state index in [1.165, 1.54) is 31.3 Å². The van der Waals surface area contributed by atoms with Crippen LogP contribution in [0.15, 0.2) is 53.4 Å². The van der Waals surface area contributed by atoms with E-state index in [2.05, 4.69) is 4.72 Å². The highest BCUT2D eigenvalue weighted by Crippen LogP contribution is 2.14. The highest BCUT2D eigenvalue weighted by Gasteiger charge is 2.13. The minimum Gasteiger partial charge on any atom is -0.457 e. The number of rotatable bonds is 5. The largest absolute Gasteiger partial charge is 0.457 e. The molecular weight excluding hydrogens is 326 g/mol. The third kappa shape index (κ3) is 4.07. The first kappa shape index (κ1) is 16.5. The van der Waals surface area contributed by atoms with Crippen molar-refractivity contribution in [2.75, 3.05) is 7.05 Å². The maximum atomic E-state index is 11.9. The average molecular weight is 340 g/mol. The van der Waals surface area contributed by atoms with E-state index < -0.39 is 16.0 Å². The van der Waals surface area contributed by atoms with Crippen LogP contribution in [0.1, 0.15) is 15.9 Å². The summed E-state index contributed by atoms with van der Waals surface area (Å²) in [6.45, 7) is 0.0932. The van der Waals surface area contributed by atoms with E-state index in [0.717, 1.165) is 5.56 Å². The fourth-order valence-corrected chi connectivity index (χ4v) is 2.69. The van der Waals surface area contributed by atoms with E-state index in [9.17, 15) is 13.2 Å². The van der Waals surface area contributed by atoms with Gasteiger partial charge in [-0.15, -0.1) is 0 Å². The molecule has 7 heteroatoms. The molecule has 116 valence electrons. The molecule has 0 bridgehead atoms. The predicted octanol–water partition coefficient (Wildman–Crippen LogP) is 2.61.